The van der Waals surface area contributed by atoms with Crippen molar-refractivity contribution in [1.82, 2.24) is 10.2 Å². The van der Waals surface area contributed by atoms with E-state index in [1.165, 1.54) is 4.90 Å². The minimum atomic E-state index is -0.661. The number of halogens is 2. The summed E-state index contributed by atoms with van der Waals surface area (Å²) in [7, 11) is 0. The van der Waals surface area contributed by atoms with Gasteiger partial charge in [-0.1, -0.05) is 59.6 Å². The highest BCUT2D eigenvalue weighted by Crippen LogP contribution is 2.20. The van der Waals surface area contributed by atoms with Crippen LogP contribution in [-0.4, -0.2) is 35.9 Å². The second-order valence-corrected chi connectivity index (χ2v) is 8.49. The second kappa shape index (κ2) is 11.2. The van der Waals surface area contributed by atoms with Crippen molar-refractivity contribution in [3.05, 3.63) is 63.6 Å². The summed E-state index contributed by atoms with van der Waals surface area (Å²) in [6, 6.07) is 13.8. The van der Waals surface area contributed by atoms with Crippen molar-refractivity contribution in [2.75, 3.05) is 13.2 Å². The fourth-order valence-electron chi connectivity index (χ4n) is 2.60. The number of hydrogen-bond acceptors (Lipinski definition) is 3. The molecule has 0 bridgehead atoms. The number of amides is 2. The van der Waals surface area contributed by atoms with Crippen LogP contribution < -0.4 is 10.1 Å². The van der Waals surface area contributed by atoms with Crippen LogP contribution in [0.4, 0.5) is 0 Å². The van der Waals surface area contributed by atoms with Gasteiger partial charge in [0, 0.05) is 22.6 Å². The molecule has 156 valence electrons. The number of nitrogens with one attached hydrogen (secondary N) is 1. The second-order valence-electron chi connectivity index (χ2n) is 7.17. The minimum absolute atomic E-state index is 0.173. The number of hydrogen-bond donors (Lipinski definition) is 1. The Bertz CT molecular complexity index is 827. The molecule has 0 saturated carbocycles. The summed E-state index contributed by atoms with van der Waals surface area (Å²) >= 11 is 9.64. The van der Waals surface area contributed by atoms with Gasteiger partial charge in [-0.2, -0.15) is 0 Å². The van der Waals surface area contributed by atoms with Gasteiger partial charge >= 0.3 is 0 Å². The zero-order valence-electron chi connectivity index (χ0n) is 16.8. The fraction of sp³-hybridized carbons (Fsp3) is 0.364. The first kappa shape index (κ1) is 23.2. The van der Waals surface area contributed by atoms with Crippen LogP contribution in [0.25, 0.3) is 0 Å². The molecule has 0 spiro atoms. The fourth-order valence-corrected chi connectivity index (χ4v) is 3.06. The van der Waals surface area contributed by atoms with Crippen molar-refractivity contribution in [3.8, 4) is 5.75 Å². The van der Waals surface area contributed by atoms with Crippen molar-refractivity contribution in [2.45, 2.75) is 33.4 Å². The van der Waals surface area contributed by atoms with Gasteiger partial charge in [-0.3, -0.25) is 9.59 Å². The number of benzene rings is 2. The van der Waals surface area contributed by atoms with Gasteiger partial charge in [0.25, 0.3) is 5.91 Å². The zero-order chi connectivity index (χ0) is 21.4. The van der Waals surface area contributed by atoms with E-state index in [4.69, 9.17) is 16.3 Å². The Hall–Kier alpha value is -2.05. The lowest BCUT2D eigenvalue weighted by atomic mass is 10.1. The first-order valence-electron chi connectivity index (χ1n) is 9.47. The number of ether oxygens (including phenoxy) is 1. The molecular formula is C22H26BrClN2O3. The zero-order valence-corrected chi connectivity index (χ0v) is 19.2. The van der Waals surface area contributed by atoms with Crippen LogP contribution in [0.1, 0.15) is 26.3 Å². The quantitative estimate of drug-likeness (QED) is 0.566. The summed E-state index contributed by atoms with van der Waals surface area (Å²) in [4.78, 5) is 27.0. The van der Waals surface area contributed by atoms with E-state index in [9.17, 15) is 9.59 Å². The molecule has 1 N–H and O–H groups in total. The molecule has 0 radical (unpaired) electrons. The van der Waals surface area contributed by atoms with E-state index in [0.717, 1.165) is 10.0 Å². The van der Waals surface area contributed by atoms with Crippen LogP contribution in [0.5, 0.6) is 5.75 Å². The summed E-state index contributed by atoms with van der Waals surface area (Å²) in [5.74, 6) is 0.401. The van der Waals surface area contributed by atoms with E-state index < -0.39 is 6.04 Å². The largest absolute Gasteiger partial charge is 0.484 e. The van der Waals surface area contributed by atoms with Gasteiger partial charge in [0.1, 0.15) is 11.8 Å². The molecule has 0 aromatic heterocycles. The van der Waals surface area contributed by atoms with Crippen molar-refractivity contribution < 1.29 is 14.3 Å². The lowest BCUT2D eigenvalue weighted by molar-refractivity contribution is -0.142. The van der Waals surface area contributed by atoms with E-state index in [1.54, 1.807) is 25.1 Å². The summed E-state index contributed by atoms with van der Waals surface area (Å²) in [6.07, 6.45) is 0. The van der Waals surface area contributed by atoms with Crippen LogP contribution in [0, 0.1) is 5.92 Å². The lowest BCUT2D eigenvalue weighted by Crippen LogP contribution is -2.49. The third-order valence-electron chi connectivity index (χ3n) is 4.33. The number of nitrogens with zero attached hydrogens (tertiary/aromatic N) is 1. The molecule has 29 heavy (non-hydrogen) atoms. The molecule has 1 atom stereocenters. The van der Waals surface area contributed by atoms with Gasteiger partial charge in [-0.25, -0.2) is 0 Å². The van der Waals surface area contributed by atoms with E-state index in [0.29, 0.717) is 23.2 Å². The maximum absolute atomic E-state index is 13.0. The van der Waals surface area contributed by atoms with Crippen LogP contribution in [0.2, 0.25) is 5.02 Å². The third-order valence-corrected chi connectivity index (χ3v) is 5.22. The molecule has 0 heterocycles. The number of rotatable bonds is 9. The minimum Gasteiger partial charge on any atom is -0.484 e. The summed E-state index contributed by atoms with van der Waals surface area (Å²) in [6.45, 7) is 6.34. The average Bonchev–Trinajstić information content (AvgIpc) is 2.70. The molecule has 0 aliphatic heterocycles. The lowest BCUT2D eigenvalue weighted by Gasteiger charge is -2.29. The van der Waals surface area contributed by atoms with Crippen LogP contribution in [0.15, 0.2) is 53.0 Å². The van der Waals surface area contributed by atoms with Crippen molar-refractivity contribution in [3.63, 3.8) is 0 Å². The molecule has 2 rings (SSSR count). The average molecular weight is 482 g/mol. The number of carbonyl (C=O) groups is 2. The molecule has 2 aromatic rings. The van der Waals surface area contributed by atoms with E-state index in [-0.39, 0.29) is 25.0 Å². The smallest absolute Gasteiger partial charge is 0.261 e. The van der Waals surface area contributed by atoms with Gasteiger partial charge in [0.15, 0.2) is 6.61 Å². The Morgan fingerprint density at radius 1 is 1.10 bits per heavy atom. The highest BCUT2D eigenvalue weighted by atomic mass is 79.9. The Morgan fingerprint density at radius 2 is 1.76 bits per heavy atom. The Balaban J connectivity index is 2.13. The third kappa shape index (κ3) is 7.37. The first-order chi connectivity index (χ1) is 13.8. The molecule has 0 fully saturated rings. The molecule has 2 amide bonds. The molecule has 0 aliphatic rings. The van der Waals surface area contributed by atoms with Gasteiger partial charge in [-0.05, 0) is 48.7 Å². The number of carbonyl (C=O) groups excluding carboxylic acids is 2. The van der Waals surface area contributed by atoms with Crippen LogP contribution >= 0.6 is 27.5 Å². The van der Waals surface area contributed by atoms with E-state index in [2.05, 4.69) is 21.2 Å². The molecule has 1 unspecified atom stereocenters. The Kier molecular flexibility index (Phi) is 8.99. The summed E-state index contributed by atoms with van der Waals surface area (Å²) in [5, 5.41) is 3.44. The van der Waals surface area contributed by atoms with Crippen LogP contribution in [-0.2, 0) is 16.1 Å². The predicted molar refractivity (Wildman–Crippen MR) is 119 cm³/mol. The summed E-state index contributed by atoms with van der Waals surface area (Å²) in [5.41, 5.74) is 0.773. The standard InChI is InChI=1S/C22H26BrClN2O3/c1-15(2)12-25-22(28)16(3)26(13-17-6-4-5-7-20(17)24)21(27)14-29-19-10-8-18(23)9-11-19/h4-11,15-16H,12-14H2,1-3H3,(H,25,28). The molecule has 7 heteroatoms. The van der Waals surface area contributed by atoms with Gasteiger partial charge in [-0.15, -0.1) is 0 Å². The van der Waals surface area contributed by atoms with Crippen molar-refractivity contribution in [2.24, 2.45) is 5.92 Å². The van der Waals surface area contributed by atoms with Gasteiger partial charge in [0.2, 0.25) is 5.91 Å². The monoisotopic (exact) mass is 480 g/mol. The molecule has 0 aliphatic carbocycles. The molecule has 2 aromatic carbocycles. The Morgan fingerprint density at radius 3 is 2.38 bits per heavy atom. The van der Waals surface area contributed by atoms with Gasteiger partial charge in [0.05, 0.1) is 0 Å². The van der Waals surface area contributed by atoms with Crippen LogP contribution in [0.3, 0.4) is 0 Å². The topological polar surface area (TPSA) is 58.6 Å². The van der Waals surface area contributed by atoms with Crippen molar-refractivity contribution >= 4 is 39.3 Å². The first-order valence-corrected chi connectivity index (χ1v) is 10.6. The summed E-state index contributed by atoms with van der Waals surface area (Å²) < 4.78 is 6.55. The Labute approximate surface area is 185 Å². The molecular weight excluding hydrogens is 456 g/mol. The molecule has 0 saturated heterocycles. The van der Waals surface area contributed by atoms with Crippen molar-refractivity contribution in [1.29, 1.82) is 0 Å². The van der Waals surface area contributed by atoms with E-state index in [1.807, 2.05) is 44.2 Å². The maximum Gasteiger partial charge on any atom is 0.261 e. The predicted octanol–water partition coefficient (Wildman–Crippen LogP) is 4.67. The highest BCUT2D eigenvalue weighted by molar-refractivity contribution is 9.10. The van der Waals surface area contributed by atoms with Gasteiger partial charge < -0.3 is 15.0 Å². The SMILES string of the molecule is CC(C)CNC(=O)C(C)N(Cc1ccccc1Cl)C(=O)COc1ccc(Br)cc1. The highest BCUT2D eigenvalue weighted by Gasteiger charge is 2.27. The van der Waals surface area contributed by atoms with E-state index >= 15 is 0 Å². The normalized spacial score (nSPS) is 11.8. The molecule has 5 nitrogen and oxygen atoms in total. The maximum atomic E-state index is 13.0.